The highest BCUT2D eigenvalue weighted by molar-refractivity contribution is 6.03. The molecule has 1 aliphatic heterocycles. The number of aryl methyl sites for hydroxylation is 1. The molecule has 1 aromatic carbocycles. The van der Waals surface area contributed by atoms with Gasteiger partial charge in [-0.2, -0.15) is 5.10 Å². The molecule has 3 N–H and O–H groups in total. The van der Waals surface area contributed by atoms with Gasteiger partial charge < -0.3 is 15.2 Å². The summed E-state index contributed by atoms with van der Waals surface area (Å²) in [7, 11) is 0. The molecule has 1 saturated heterocycles. The van der Waals surface area contributed by atoms with E-state index in [9.17, 15) is 14.3 Å². The van der Waals surface area contributed by atoms with Crippen molar-refractivity contribution in [2.45, 2.75) is 32.2 Å². The third-order valence-corrected chi connectivity index (χ3v) is 6.56. The first-order valence-corrected chi connectivity index (χ1v) is 12.5. The van der Waals surface area contributed by atoms with E-state index in [-0.39, 0.29) is 24.2 Å². The molecule has 0 unspecified atom stereocenters. The molecule has 1 amide bonds. The van der Waals surface area contributed by atoms with Crippen molar-refractivity contribution < 1.29 is 19.0 Å². The Morgan fingerprint density at radius 2 is 2.11 bits per heavy atom. The van der Waals surface area contributed by atoms with E-state index < -0.39 is 11.7 Å². The number of anilines is 3. The molecule has 38 heavy (non-hydrogen) atoms. The fourth-order valence-corrected chi connectivity index (χ4v) is 4.62. The van der Waals surface area contributed by atoms with Crippen LogP contribution in [0.5, 0.6) is 5.75 Å². The van der Waals surface area contributed by atoms with Gasteiger partial charge in [-0.1, -0.05) is 6.07 Å². The molecule has 5 rings (SSSR count). The van der Waals surface area contributed by atoms with Crippen molar-refractivity contribution >= 4 is 28.9 Å². The summed E-state index contributed by atoms with van der Waals surface area (Å²) in [5, 5.41) is 19.5. The van der Waals surface area contributed by atoms with E-state index in [1.54, 1.807) is 4.52 Å². The monoisotopic (exact) mass is 520 g/mol. The van der Waals surface area contributed by atoms with Crippen LogP contribution in [0.1, 0.15) is 35.2 Å². The number of amides is 1. The number of halogens is 1. The van der Waals surface area contributed by atoms with Gasteiger partial charge in [0.1, 0.15) is 23.4 Å². The molecule has 1 atom stereocenters. The average molecular weight is 521 g/mol. The molecule has 0 spiro atoms. The number of aromatic nitrogens is 5. The summed E-state index contributed by atoms with van der Waals surface area (Å²) in [6, 6.07) is 5.64. The minimum atomic E-state index is -0.507. The SMILES string of the molecule is Cc1c(OCCCN2CCC[C@H]2CO)cn2ncnc(Nc3cnc(NC(=O)c4cccc(F)c4)nc3)c12. The van der Waals surface area contributed by atoms with Crippen LogP contribution in [0.25, 0.3) is 5.52 Å². The van der Waals surface area contributed by atoms with Crippen LogP contribution in [0, 0.1) is 12.7 Å². The smallest absolute Gasteiger partial charge is 0.258 e. The number of benzene rings is 1. The zero-order chi connectivity index (χ0) is 26.5. The number of rotatable bonds is 10. The lowest BCUT2D eigenvalue weighted by Gasteiger charge is -2.22. The Balaban J connectivity index is 1.21. The first-order chi connectivity index (χ1) is 18.5. The van der Waals surface area contributed by atoms with Gasteiger partial charge in [-0.25, -0.2) is 23.9 Å². The van der Waals surface area contributed by atoms with Crippen LogP contribution in [-0.4, -0.2) is 72.8 Å². The van der Waals surface area contributed by atoms with Crippen LogP contribution in [0.3, 0.4) is 0 Å². The molecule has 0 bridgehead atoms. The number of likely N-dealkylation sites (tertiary alicyclic amines) is 1. The number of aliphatic hydroxyl groups excluding tert-OH is 1. The molecule has 11 nitrogen and oxygen atoms in total. The van der Waals surface area contributed by atoms with Crippen molar-refractivity contribution in [3.63, 3.8) is 0 Å². The lowest BCUT2D eigenvalue weighted by molar-refractivity contribution is 0.102. The third-order valence-electron chi connectivity index (χ3n) is 6.56. The lowest BCUT2D eigenvalue weighted by atomic mass is 10.2. The van der Waals surface area contributed by atoms with E-state index in [2.05, 4.69) is 35.6 Å². The first-order valence-electron chi connectivity index (χ1n) is 12.5. The summed E-state index contributed by atoms with van der Waals surface area (Å²) in [5.41, 5.74) is 2.38. The third kappa shape index (κ3) is 5.71. The Kier molecular flexibility index (Phi) is 7.70. The summed E-state index contributed by atoms with van der Waals surface area (Å²) in [6.07, 6.45) is 9.33. The zero-order valence-corrected chi connectivity index (χ0v) is 21.0. The molecular weight excluding hydrogens is 491 g/mol. The number of fused-ring (bicyclic) bond motifs is 1. The van der Waals surface area contributed by atoms with E-state index in [1.807, 2.05) is 13.1 Å². The number of carbonyl (C=O) groups is 1. The van der Waals surface area contributed by atoms with Crippen LogP contribution in [-0.2, 0) is 0 Å². The van der Waals surface area contributed by atoms with Crippen molar-refractivity contribution in [1.82, 2.24) is 29.5 Å². The Hall–Kier alpha value is -4.16. The van der Waals surface area contributed by atoms with Crippen molar-refractivity contribution in [3.8, 4) is 5.75 Å². The topological polar surface area (TPSA) is 130 Å². The van der Waals surface area contributed by atoms with Crippen molar-refractivity contribution in [2.75, 3.05) is 36.9 Å². The molecule has 0 radical (unpaired) electrons. The van der Waals surface area contributed by atoms with Gasteiger partial charge in [0, 0.05) is 23.7 Å². The summed E-state index contributed by atoms with van der Waals surface area (Å²) >= 11 is 0. The van der Waals surface area contributed by atoms with Gasteiger partial charge in [0.05, 0.1) is 37.5 Å². The van der Waals surface area contributed by atoms with E-state index in [0.29, 0.717) is 18.1 Å². The average Bonchev–Trinajstić information content (AvgIpc) is 3.52. The predicted octanol–water partition coefficient (Wildman–Crippen LogP) is 3.19. The van der Waals surface area contributed by atoms with Crippen LogP contribution in [0.2, 0.25) is 0 Å². The summed E-state index contributed by atoms with van der Waals surface area (Å²) < 4.78 is 21.1. The lowest BCUT2D eigenvalue weighted by Crippen LogP contribution is -2.33. The summed E-state index contributed by atoms with van der Waals surface area (Å²) in [5.74, 6) is 0.358. The van der Waals surface area contributed by atoms with Crippen LogP contribution >= 0.6 is 0 Å². The number of hydrogen-bond donors (Lipinski definition) is 3. The van der Waals surface area contributed by atoms with Crippen LogP contribution in [0.15, 0.2) is 49.2 Å². The number of carbonyl (C=O) groups excluding carboxylic acids is 1. The van der Waals surface area contributed by atoms with Gasteiger partial charge in [-0.05, 0) is 50.9 Å². The maximum Gasteiger partial charge on any atom is 0.258 e. The van der Waals surface area contributed by atoms with Gasteiger partial charge in [0.2, 0.25) is 5.95 Å². The molecule has 3 aromatic heterocycles. The highest BCUT2D eigenvalue weighted by Crippen LogP contribution is 2.29. The summed E-state index contributed by atoms with van der Waals surface area (Å²) in [6.45, 7) is 4.62. The van der Waals surface area contributed by atoms with Crippen LogP contribution in [0.4, 0.5) is 21.8 Å². The largest absolute Gasteiger partial charge is 0.492 e. The van der Waals surface area contributed by atoms with Gasteiger partial charge in [0.25, 0.3) is 5.91 Å². The number of nitrogens with one attached hydrogen (secondary N) is 2. The first kappa shape index (κ1) is 25.5. The van der Waals surface area contributed by atoms with E-state index in [4.69, 9.17) is 4.74 Å². The number of ether oxygens (including phenoxy) is 1. The molecule has 1 fully saturated rings. The molecule has 0 saturated carbocycles. The highest BCUT2D eigenvalue weighted by atomic mass is 19.1. The van der Waals surface area contributed by atoms with E-state index >= 15 is 0 Å². The maximum atomic E-state index is 13.4. The Morgan fingerprint density at radius 3 is 2.89 bits per heavy atom. The molecule has 1 aliphatic rings. The normalized spacial score (nSPS) is 15.6. The Labute approximate surface area is 218 Å². The molecule has 198 valence electrons. The van der Waals surface area contributed by atoms with Crippen LogP contribution < -0.4 is 15.4 Å². The quantitative estimate of drug-likeness (QED) is 0.270. The molecule has 4 heterocycles. The van der Waals surface area contributed by atoms with Crippen molar-refractivity contribution in [2.24, 2.45) is 0 Å². The molecule has 4 aromatic rings. The van der Waals surface area contributed by atoms with Crippen molar-refractivity contribution in [3.05, 3.63) is 66.1 Å². The van der Waals surface area contributed by atoms with Crippen molar-refractivity contribution in [1.29, 1.82) is 0 Å². The Morgan fingerprint density at radius 1 is 1.26 bits per heavy atom. The van der Waals surface area contributed by atoms with Gasteiger partial charge in [-0.15, -0.1) is 0 Å². The molecular formula is C26H29FN8O3. The number of nitrogens with zero attached hydrogens (tertiary/aromatic N) is 6. The summed E-state index contributed by atoms with van der Waals surface area (Å²) in [4.78, 5) is 27.3. The fraction of sp³-hybridized carbons (Fsp3) is 0.346. The predicted molar refractivity (Wildman–Crippen MR) is 139 cm³/mol. The molecule has 12 heteroatoms. The standard InChI is InChI=1S/C26H29FN8O3/c1-17-22(38-10-4-9-34-8-3-7-21(34)15-36)14-35-23(17)24(30-16-31-35)32-20-12-28-26(29-13-20)33-25(37)18-5-2-6-19(27)11-18/h2,5-6,11-14,16,21,36H,3-4,7-10,15H2,1H3,(H,30,31,32)(H,28,29,33,37)/t21-/m0/s1. The second-order valence-electron chi connectivity index (χ2n) is 9.12. The van der Waals surface area contributed by atoms with E-state index in [1.165, 1.54) is 36.9 Å². The van der Waals surface area contributed by atoms with Gasteiger partial charge in [0.15, 0.2) is 5.82 Å². The molecule has 0 aliphatic carbocycles. The zero-order valence-electron chi connectivity index (χ0n) is 21.0. The number of hydrogen-bond acceptors (Lipinski definition) is 9. The van der Waals surface area contributed by atoms with Gasteiger partial charge >= 0.3 is 0 Å². The minimum Gasteiger partial charge on any atom is -0.492 e. The fourth-order valence-electron chi connectivity index (χ4n) is 4.62. The second-order valence-corrected chi connectivity index (χ2v) is 9.12. The number of aliphatic hydroxyl groups is 1. The minimum absolute atomic E-state index is 0.0893. The van der Waals surface area contributed by atoms with E-state index in [0.717, 1.165) is 55.2 Å². The highest BCUT2D eigenvalue weighted by Gasteiger charge is 2.23. The maximum absolute atomic E-state index is 13.4. The van der Waals surface area contributed by atoms with Gasteiger partial charge in [-0.3, -0.25) is 15.0 Å². The Bertz CT molecular complexity index is 1410. The second kappa shape index (κ2) is 11.5.